The monoisotopic (exact) mass is 424 g/mol. The third-order valence-corrected chi connectivity index (χ3v) is 6.32. The van der Waals surface area contributed by atoms with Crippen molar-refractivity contribution in [1.82, 2.24) is 4.98 Å². The van der Waals surface area contributed by atoms with E-state index in [9.17, 15) is 0 Å². The summed E-state index contributed by atoms with van der Waals surface area (Å²) in [5, 5.41) is 4.88. The van der Waals surface area contributed by atoms with Crippen molar-refractivity contribution in [2.24, 2.45) is 0 Å². The average Bonchev–Trinajstić information content (AvgIpc) is 3.16. The number of aromatic nitrogens is 1. The van der Waals surface area contributed by atoms with Crippen LogP contribution >= 0.6 is 0 Å². The van der Waals surface area contributed by atoms with Crippen LogP contribution in [0.3, 0.4) is 0 Å². The number of rotatable bonds is 5. The van der Waals surface area contributed by atoms with Gasteiger partial charge in [0.15, 0.2) is 0 Å². The van der Waals surface area contributed by atoms with Crippen LogP contribution in [0.4, 0.5) is 5.69 Å². The van der Waals surface area contributed by atoms with Crippen molar-refractivity contribution in [2.45, 2.75) is 20.5 Å². The molecule has 0 amide bonds. The zero-order valence-corrected chi connectivity index (χ0v) is 19.2. The number of nitrogens with zero attached hydrogens (tertiary/aromatic N) is 1. The quantitative estimate of drug-likeness (QED) is 0.339. The molecular weight excluding hydrogens is 396 g/mol. The molecule has 0 spiro atoms. The Balaban J connectivity index is 1.55. The summed E-state index contributed by atoms with van der Waals surface area (Å²) in [6.45, 7) is 4.78. The molecule has 4 heteroatoms. The van der Waals surface area contributed by atoms with Crippen molar-refractivity contribution in [3.63, 3.8) is 0 Å². The Kier molecular flexibility index (Phi) is 4.93. The van der Waals surface area contributed by atoms with Gasteiger partial charge in [-0.05, 0) is 54.6 Å². The zero-order valence-electron chi connectivity index (χ0n) is 19.2. The number of anilines is 1. The van der Waals surface area contributed by atoms with Crippen LogP contribution < -0.4 is 14.4 Å². The van der Waals surface area contributed by atoms with Crippen molar-refractivity contribution in [3.05, 3.63) is 77.4 Å². The number of nitrogens with one attached hydrogen (secondary N) is 1. The molecule has 0 radical (unpaired) electrons. The van der Waals surface area contributed by atoms with Gasteiger partial charge in [0.1, 0.15) is 18.1 Å². The molecule has 32 heavy (non-hydrogen) atoms. The SMILES string of the molecule is COc1ccc2c(c1)[nH]c1c(C)c(OCc3cccc4c(N(C)C)cccc34)c(C)cc12. The second-order valence-corrected chi connectivity index (χ2v) is 8.58. The maximum Gasteiger partial charge on any atom is 0.127 e. The van der Waals surface area contributed by atoms with Gasteiger partial charge < -0.3 is 19.4 Å². The number of H-pyrrole nitrogens is 1. The zero-order chi connectivity index (χ0) is 22.4. The Morgan fingerprint density at radius 1 is 0.844 bits per heavy atom. The minimum Gasteiger partial charge on any atom is -0.497 e. The van der Waals surface area contributed by atoms with E-state index in [1.54, 1.807) is 7.11 Å². The largest absolute Gasteiger partial charge is 0.497 e. The Hall–Kier alpha value is -3.66. The van der Waals surface area contributed by atoms with Gasteiger partial charge >= 0.3 is 0 Å². The number of benzene rings is 4. The number of aromatic amines is 1. The predicted molar refractivity (Wildman–Crippen MR) is 134 cm³/mol. The summed E-state index contributed by atoms with van der Waals surface area (Å²) < 4.78 is 11.8. The summed E-state index contributed by atoms with van der Waals surface area (Å²) in [6.07, 6.45) is 0. The van der Waals surface area contributed by atoms with E-state index in [0.29, 0.717) is 6.61 Å². The minimum absolute atomic E-state index is 0.523. The van der Waals surface area contributed by atoms with Crippen LogP contribution in [-0.4, -0.2) is 26.2 Å². The highest BCUT2D eigenvalue weighted by molar-refractivity contribution is 6.09. The van der Waals surface area contributed by atoms with E-state index in [1.807, 2.05) is 12.1 Å². The number of aryl methyl sites for hydroxylation is 2. The molecular formula is C28H28N2O2. The molecule has 1 N–H and O–H groups in total. The van der Waals surface area contributed by atoms with Gasteiger partial charge in [0.25, 0.3) is 0 Å². The Bertz CT molecular complexity index is 1460. The number of ether oxygens (including phenoxy) is 2. The van der Waals surface area contributed by atoms with Gasteiger partial charge in [0.2, 0.25) is 0 Å². The molecule has 1 heterocycles. The first-order valence-corrected chi connectivity index (χ1v) is 10.9. The lowest BCUT2D eigenvalue weighted by Crippen LogP contribution is -2.09. The van der Waals surface area contributed by atoms with Gasteiger partial charge in [-0.2, -0.15) is 0 Å². The topological polar surface area (TPSA) is 37.5 Å². The number of fused-ring (bicyclic) bond motifs is 4. The molecule has 4 aromatic carbocycles. The lowest BCUT2D eigenvalue weighted by atomic mass is 10.0. The van der Waals surface area contributed by atoms with Gasteiger partial charge in [0.05, 0.1) is 18.1 Å². The molecule has 5 aromatic rings. The molecule has 5 rings (SSSR count). The van der Waals surface area contributed by atoms with Gasteiger partial charge in [-0.15, -0.1) is 0 Å². The van der Waals surface area contributed by atoms with Crippen molar-refractivity contribution in [1.29, 1.82) is 0 Å². The third kappa shape index (κ3) is 3.23. The van der Waals surface area contributed by atoms with E-state index in [2.05, 4.69) is 86.4 Å². The summed E-state index contributed by atoms with van der Waals surface area (Å²) in [5.41, 5.74) is 6.86. The molecule has 0 bridgehead atoms. The van der Waals surface area contributed by atoms with E-state index in [4.69, 9.17) is 9.47 Å². The van der Waals surface area contributed by atoms with E-state index in [-0.39, 0.29) is 0 Å². The fourth-order valence-corrected chi connectivity index (χ4v) is 4.71. The number of methoxy groups -OCH3 is 1. The maximum absolute atomic E-state index is 6.45. The molecule has 0 fully saturated rings. The minimum atomic E-state index is 0.523. The van der Waals surface area contributed by atoms with Gasteiger partial charge in [-0.1, -0.05) is 30.3 Å². The molecule has 0 aliphatic carbocycles. The van der Waals surface area contributed by atoms with Crippen molar-refractivity contribution >= 4 is 38.3 Å². The molecule has 0 saturated carbocycles. The smallest absolute Gasteiger partial charge is 0.127 e. The van der Waals surface area contributed by atoms with Crippen LogP contribution in [0.5, 0.6) is 11.5 Å². The molecule has 0 atom stereocenters. The third-order valence-electron chi connectivity index (χ3n) is 6.32. The predicted octanol–water partition coefficient (Wildman–Crippen LogP) is 6.74. The molecule has 0 saturated heterocycles. The van der Waals surface area contributed by atoms with Crippen molar-refractivity contribution in [2.75, 3.05) is 26.1 Å². The van der Waals surface area contributed by atoms with Crippen LogP contribution in [0, 0.1) is 13.8 Å². The number of hydrogen-bond donors (Lipinski definition) is 1. The second kappa shape index (κ2) is 7.79. The van der Waals surface area contributed by atoms with E-state index in [1.165, 1.54) is 32.8 Å². The summed E-state index contributed by atoms with van der Waals surface area (Å²) in [5.74, 6) is 1.79. The maximum atomic E-state index is 6.45. The van der Waals surface area contributed by atoms with E-state index >= 15 is 0 Å². The molecule has 1 aromatic heterocycles. The summed E-state index contributed by atoms with van der Waals surface area (Å²) in [6, 6.07) is 21.3. The van der Waals surface area contributed by atoms with Gasteiger partial charge in [-0.3, -0.25) is 0 Å². The van der Waals surface area contributed by atoms with Crippen LogP contribution in [0.25, 0.3) is 32.6 Å². The Morgan fingerprint density at radius 2 is 1.62 bits per heavy atom. The second-order valence-electron chi connectivity index (χ2n) is 8.58. The average molecular weight is 425 g/mol. The fraction of sp³-hybridized carbons (Fsp3) is 0.214. The van der Waals surface area contributed by atoms with Crippen LogP contribution in [0.15, 0.2) is 60.7 Å². The van der Waals surface area contributed by atoms with Gasteiger partial charge in [0, 0.05) is 47.6 Å². The van der Waals surface area contributed by atoms with Crippen LogP contribution in [0.2, 0.25) is 0 Å². The van der Waals surface area contributed by atoms with E-state index in [0.717, 1.165) is 33.7 Å². The molecule has 0 unspecified atom stereocenters. The number of hydrogen-bond acceptors (Lipinski definition) is 3. The first-order valence-electron chi connectivity index (χ1n) is 10.9. The summed E-state index contributed by atoms with van der Waals surface area (Å²) >= 11 is 0. The first-order chi connectivity index (χ1) is 15.5. The molecule has 4 nitrogen and oxygen atoms in total. The lowest BCUT2D eigenvalue weighted by Gasteiger charge is -2.18. The highest BCUT2D eigenvalue weighted by Crippen LogP contribution is 2.37. The first kappa shape index (κ1) is 20.3. The fourth-order valence-electron chi connectivity index (χ4n) is 4.71. The van der Waals surface area contributed by atoms with Crippen molar-refractivity contribution < 1.29 is 9.47 Å². The standard InChI is InChI=1S/C28H28N2O2/c1-17-14-24-22-13-12-20(31-5)15-25(22)29-27(24)18(2)28(17)32-16-19-8-6-10-23-21(19)9-7-11-26(23)30(3)4/h6-15,29H,16H2,1-5H3. The van der Waals surface area contributed by atoms with E-state index < -0.39 is 0 Å². The Morgan fingerprint density at radius 3 is 2.41 bits per heavy atom. The lowest BCUT2D eigenvalue weighted by molar-refractivity contribution is 0.304. The summed E-state index contributed by atoms with van der Waals surface area (Å²) in [7, 11) is 5.85. The summed E-state index contributed by atoms with van der Waals surface area (Å²) in [4.78, 5) is 5.72. The highest BCUT2D eigenvalue weighted by atomic mass is 16.5. The van der Waals surface area contributed by atoms with Crippen LogP contribution in [0.1, 0.15) is 16.7 Å². The van der Waals surface area contributed by atoms with Gasteiger partial charge in [-0.25, -0.2) is 0 Å². The Labute approximate surface area is 188 Å². The molecule has 162 valence electrons. The van der Waals surface area contributed by atoms with Crippen molar-refractivity contribution in [3.8, 4) is 11.5 Å². The highest BCUT2D eigenvalue weighted by Gasteiger charge is 2.15. The normalized spacial score (nSPS) is 11.4. The molecule has 0 aliphatic rings. The van der Waals surface area contributed by atoms with Crippen LogP contribution in [-0.2, 0) is 6.61 Å². The molecule has 0 aliphatic heterocycles.